The van der Waals surface area contributed by atoms with Crippen molar-refractivity contribution in [3.05, 3.63) is 50.2 Å². The number of nitrogens with one attached hydrogen (secondary N) is 1. The number of aryl methyl sites for hydroxylation is 1. The van der Waals surface area contributed by atoms with Crippen molar-refractivity contribution in [3.63, 3.8) is 0 Å². The molecule has 1 aromatic heterocycles. The van der Waals surface area contributed by atoms with Gasteiger partial charge < -0.3 is 11.1 Å². The van der Waals surface area contributed by atoms with Crippen LogP contribution < -0.4 is 16.6 Å². The molecule has 0 aliphatic carbocycles. The molecule has 2 rings (SSSR count). The maximum absolute atomic E-state index is 11.9. The number of carbonyl (C=O) groups excluding carboxylic acids is 1. The SMILES string of the molecule is Cc1ccc(NC(=O)Cn2cncc(I)c2=O)c(N)c1. The van der Waals surface area contributed by atoms with Crippen LogP contribution in [0.15, 0.2) is 35.5 Å². The zero-order chi connectivity index (χ0) is 14.7. The molecule has 2 aromatic rings. The first-order chi connectivity index (χ1) is 9.47. The van der Waals surface area contributed by atoms with Crippen LogP contribution in [0.4, 0.5) is 11.4 Å². The van der Waals surface area contributed by atoms with E-state index in [4.69, 9.17) is 5.73 Å². The average molecular weight is 384 g/mol. The number of anilines is 2. The minimum absolute atomic E-state index is 0.101. The number of carbonyl (C=O) groups is 1. The number of halogens is 1. The van der Waals surface area contributed by atoms with Crippen LogP contribution in [-0.4, -0.2) is 15.5 Å². The molecule has 0 bridgehead atoms. The van der Waals surface area contributed by atoms with Gasteiger partial charge in [0.2, 0.25) is 5.91 Å². The topological polar surface area (TPSA) is 90.0 Å². The van der Waals surface area contributed by atoms with Crippen LogP contribution in [0.25, 0.3) is 0 Å². The molecule has 104 valence electrons. The van der Waals surface area contributed by atoms with Crippen LogP contribution in [0.2, 0.25) is 0 Å². The third-order valence-corrected chi connectivity index (χ3v) is 3.39. The molecule has 3 N–H and O–H groups in total. The summed E-state index contributed by atoms with van der Waals surface area (Å²) in [7, 11) is 0. The predicted octanol–water partition coefficient (Wildman–Crippen LogP) is 1.38. The highest BCUT2D eigenvalue weighted by Crippen LogP contribution is 2.19. The summed E-state index contributed by atoms with van der Waals surface area (Å²) in [5, 5.41) is 2.68. The highest BCUT2D eigenvalue weighted by atomic mass is 127. The van der Waals surface area contributed by atoms with Gasteiger partial charge >= 0.3 is 0 Å². The van der Waals surface area contributed by atoms with Crippen molar-refractivity contribution in [2.75, 3.05) is 11.1 Å². The Morgan fingerprint density at radius 1 is 1.50 bits per heavy atom. The van der Waals surface area contributed by atoms with Crippen LogP contribution >= 0.6 is 22.6 Å². The average Bonchev–Trinajstić information content (AvgIpc) is 2.38. The van der Waals surface area contributed by atoms with E-state index < -0.39 is 0 Å². The minimum atomic E-state index is -0.327. The summed E-state index contributed by atoms with van der Waals surface area (Å²) < 4.78 is 1.72. The minimum Gasteiger partial charge on any atom is -0.397 e. The van der Waals surface area contributed by atoms with Gasteiger partial charge in [0.05, 0.1) is 21.3 Å². The molecule has 20 heavy (non-hydrogen) atoms. The largest absolute Gasteiger partial charge is 0.397 e. The first-order valence-corrected chi connectivity index (χ1v) is 6.91. The fourth-order valence-corrected chi connectivity index (χ4v) is 2.15. The number of benzene rings is 1. The first-order valence-electron chi connectivity index (χ1n) is 5.83. The number of nitrogens with zero attached hydrogens (tertiary/aromatic N) is 2. The van der Waals surface area contributed by atoms with E-state index in [1.165, 1.54) is 17.1 Å². The lowest BCUT2D eigenvalue weighted by molar-refractivity contribution is -0.116. The molecule has 0 atom stereocenters. The normalized spacial score (nSPS) is 10.3. The molecular weight excluding hydrogens is 371 g/mol. The van der Waals surface area contributed by atoms with Gasteiger partial charge in [-0.25, -0.2) is 4.98 Å². The second kappa shape index (κ2) is 6.04. The maximum Gasteiger partial charge on any atom is 0.267 e. The number of rotatable bonds is 3. The van der Waals surface area contributed by atoms with E-state index in [0.717, 1.165) is 5.56 Å². The molecule has 7 heteroatoms. The zero-order valence-corrected chi connectivity index (χ0v) is 12.9. The Bertz CT molecular complexity index is 712. The van der Waals surface area contributed by atoms with Crippen molar-refractivity contribution in [3.8, 4) is 0 Å². The Labute approximate surface area is 129 Å². The molecule has 0 unspecified atom stereocenters. The van der Waals surface area contributed by atoms with E-state index in [1.54, 1.807) is 12.1 Å². The van der Waals surface area contributed by atoms with Gasteiger partial charge in [0.15, 0.2) is 0 Å². The van der Waals surface area contributed by atoms with Crippen molar-refractivity contribution in [1.29, 1.82) is 0 Å². The zero-order valence-electron chi connectivity index (χ0n) is 10.8. The van der Waals surface area contributed by atoms with Gasteiger partial charge in [0.25, 0.3) is 5.56 Å². The van der Waals surface area contributed by atoms with E-state index in [1.807, 2.05) is 35.6 Å². The van der Waals surface area contributed by atoms with Crippen molar-refractivity contribution in [2.24, 2.45) is 0 Å². The lowest BCUT2D eigenvalue weighted by Crippen LogP contribution is -2.29. The Hall–Kier alpha value is -1.90. The Morgan fingerprint density at radius 2 is 2.25 bits per heavy atom. The van der Waals surface area contributed by atoms with Crippen LogP contribution in [-0.2, 0) is 11.3 Å². The monoisotopic (exact) mass is 384 g/mol. The van der Waals surface area contributed by atoms with Crippen LogP contribution in [0.1, 0.15) is 5.56 Å². The lowest BCUT2D eigenvalue weighted by atomic mass is 10.2. The van der Waals surface area contributed by atoms with Gasteiger partial charge in [-0.1, -0.05) is 6.07 Å². The predicted molar refractivity (Wildman–Crippen MR) is 85.4 cm³/mol. The van der Waals surface area contributed by atoms with E-state index in [9.17, 15) is 9.59 Å². The summed E-state index contributed by atoms with van der Waals surface area (Å²) >= 11 is 1.88. The summed E-state index contributed by atoms with van der Waals surface area (Å²) in [4.78, 5) is 27.6. The number of amides is 1. The lowest BCUT2D eigenvalue weighted by Gasteiger charge is -2.10. The summed E-state index contributed by atoms with van der Waals surface area (Å²) in [6.07, 6.45) is 2.79. The molecular formula is C13H13IN4O2. The van der Waals surface area contributed by atoms with Crippen molar-refractivity contribution in [2.45, 2.75) is 13.5 Å². The smallest absolute Gasteiger partial charge is 0.267 e. The Balaban J connectivity index is 2.13. The van der Waals surface area contributed by atoms with Crippen LogP contribution in [0.3, 0.4) is 0 Å². The number of nitrogen functional groups attached to an aromatic ring is 1. The highest BCUT2D eigenvalue weighted by molar-refractivity contribution is 14.1. The summed E-state index contributed by atoms with van der Waals surface area (Å²) in [6.45, 7) is 1.81. The van der Waals surface area contributed by atoms with Crippen LogP contribution in [0.5, 0.6) is 0 Å². The second-order valence-electron chi connectivity index (χ2n) is 4.31. The fraction of sp³-hybridized carbons (Fsp3) is 0.154. The van der Waals surface area contributed by atoms with E-state index in [2.05, 4.69) is 10.3 Å². The van der Waals surface area contributed by atoms with E-state index in [0.29, 0.717) is 14.9 Å². The van der Waals surface area contributed by atoms with Gasteiger partial charge in [-0.15, -0.1) is 0 Å². The fourth-order valence-electron chi connectivity index (χ4n) is 1.68. The third-order valence-electron chi connectivity index (χ3n) is 2.65. The van der Waals surface area contributed by atoms with E-state index in [-0.39, 0.29) is 18.0 Å². The maximum atomic E-state index is 11.9. The summed E-state index contributed by atoms with van der Waals surface area (Å²) in [5.41, 5.74) is 7.62. The highest BCUT2D eigenvalue weighted by Gasteiger charge is 2.08. The number of aromatic nitrogens is 2. The Kier molecular flexibility index (Phi) is 4.38. The molecule has 0 saturated carbocycles. The molecule has 0 radical (unpaired) electrons. The standard InChI is InChI=1S/C13H13IN4O2/c1-8-2-3-11(10(15)4-8)17-12(19)6-18-7-16-5-9(14)13(18)20/h2-5,7H,6,15H2,1H3,(H,17,19). The second-order valence-corrected chi connectivity index (χ2v) is 5.48. The number of nitrogens with two attached hydrogens (primary N) is 1. The molecule has 0 fully saturated rings. The molecule has 0 saturated heterocycles. The summed E-state index contributed by atoms with van der Waals surface area (Å²) in [5.74, 6) is -0.327. The third kappa shape index (κ3) is 3.35. The quantitative estimate of drug-likeness (QED) is 0.618. The number of hydrogen-bond donors (Lipinski definition) is 2. The molecule has 0 aliphatic heterocycles. The first kappa shape index (κ1) is 14.5. The van der Waals surface area contributed by atoms with Gasteiger partial charge in [0, 0.05) is 6.20 Å². The molecule has 1 aromatic carbocycles. The Morgan fingerprint density at radius 3 is 2.95 bits per heavy atom. The molecule has 0 aliphatic rings. The van der Waals surface area contributed by atoms with E-state index >= 15 is 0 Å². The molecule has 0 spiro atoms. The van der Waals surface area contributed by atoms with Gasteiger partial charge in [-0.3, -0.25) is 14.2 Å². The van der Waals surface area contributed by atoms with Gasteiger partial charge in [0.1, 0.15) is 6.54 Å². The molecule has 1 amide bonds. The molecule has 1 heterocycles. The molecule has 6 nitrogen and oxygen atoms in total. The summed E-state index contributed by atoms with van der Waals surface area (Å²) in [6, 6.07) is 5.36. The van der Waals surface area contributed by atoms with Gasteiger partial charge in [-0.2, -0.15) is 0 Å². The van der Waals surface area contributed by atoms with Gasteiger partial charge in [-0.05, 0) is 47.2 Å². The number of hydrogen-bond acceptors (Lipinski definition) is 4. The van der Waals surface area contributed by atoms with Crippen molar-refractivity contribution in [1.82, 2.24) is 9.55 Å². The van der Waals surface area contributed by atoms with Crippen molar-refractivity contribution >= 4 is 39.9 Å². The van der Waals surface area contributed by atoms with Crippen molar-refractivity contribution < 1.29 is 4.79 Å². The van der Waals surface area contributed by atoms with Crippen LogP contribution in [0, 0.1) is 10.5 Å².